The first-order valence-corrected chi connectivity index (χ1v) is 6.86. The highest BCUT2D eigenvalue weighted by atomic mass is 35.5. The molecule has 1 saturated heterocycles. The van der Waals surface area contributed by atoms with E-state index in [0.29, 0.717) is 17.3 Å². The predicted octanol–water partition coefficient (Wildman–Crippen LogP) is 1.97. The summed E-state index contributed by atoms with van der Waals surface area (Å²) in [6, 6.07) is 5.51. The van der Waals surface area contributed by atoms with E-state index >= 15 is 0 Å². The van der Waals surface area contributed by atoms with E-state index in [4.69, 9.17) is 17.3 Å². The van der Waals surface area contributed by atoms with Crippen molar-refractivity contribution >= 4 is 23.2 Å². The molecule has 19 heavy (non-hydrogen) atoms. The Kier molecular flexibility index (Phi) is 4.32. The molecule has 0 aliphatic carbocycles. The van der Waals surface area contributed by atoms with Crippen molar-refractivity contribution in [3.63, 3.8) is 0 Å². The Morgan fingerprint density at radius 2 is 2.26 bits per heavy atom. The molecule has 2 rings (SSSR count). The van der Waals surface area contributed by atoms with Crippen LogP contribution in [0.2, 0.25) is 5.02 Å². The Balaban J connectivity index is 2.11. The number of anilines is 1. The summed E-state index contributed by atoms with van der Waals surface area (Å²) < 4.78 is 0. The Labute approximate surface area is 119 Å². The molecular weight excluding hydrogens is 262 g/mol. The number of nitrogens with two attached hydrogens (primary N) is 1. The van der Waals surface area contributed by atoms with E-state index in [0.717, 1.165) is 24.9 Å². The fraction of sp³-hybridized carbons (Fsp3) is 0.500. The number of nitrogen functional groups attached to an aromatic ring is 1. The summed E-state index contributed by atoms with van der Waals surface area (Å²) in [6.07, 6.45) is 1.97. The molecule has 1 fully saturated rings. The van der Waals surface area contributed by atoms with E-state index in [1.165, 1.54) is 0 Å². The second-order valence-corrected chi connectivity index (χ2v) is 5.64. The number of carbonyl (C=O) groups excluding carboxylic acids is 1. The van der Waals surface area contributed by atoms with Crippen molar-refractivity contribution in [2.75, 3.05) is 26.4 Å². The van der Waals surface area contributed by atoms with Gasteiger partial charge in [0, 0.05) is 31.4 Å². The van der Waals surface area contributed by atoms with Crippen molar-refractivity contribution < 1.29 is 4.79 Å². The smallest absolute Gasteiger partial charge is 0.239 e. The van der Waals surface area contributed by atoms with Gasteiger partial charge in [-0.3, -0.25) is 9.69 Å². The van der Waals surface area contributed by atoms with E-state index in [2.05, 4.69) is 4.90 Å². The largest absolute Gasteiger partial charge is 0.398 e. The van der Waals surface area contributed by atoms with Gasteiger partial charge in [0.25, 0.3) is 0 Å². The van der Waals surface area contributed by atoms with Gasteiger partial charge in [-0.25, -0.2) is 0 Å². The summed E-state index contributed by atoms with van der Waals surface area (Å²) in [5.41, 5.74) is 7.70. The summed E-state index contributed by atoms with van der Waals surface area (Å²) in [5, 5.41) is 0.642. The number of carbonyl (C=O) groups is 1. The second kappa shape index (κ2) is 5.80. The molecule has 1 heterocycles. The van der Waals surface area contributed by atoms with Crippen LogP contribution in [0.25, 0.3) is 0 Å². The van der Waals surface area contributed by atoms with Crippen LogP contribution in [0.3, 0.4) is 0 Å². The quantitative estimate of drug-likeness (QED) is 0.862. The zero-order chi connectivity index (χ0) is 14.0. The summed E-state index contributed by atoms with van der Waals surface area (Å²) in [4.78, 5) is 16.0. The van der Waals surface area contributed by atoms with Gasteiger partial charge in [0.05, 0.1) is 6.04 Å². The van der Waals surface area contributed by atoms with Gasteiger partial charge in [-0.05, 0) is 37.1 Å². The van der Waals surface area contributed by atoms with E-state index in [1.54, 1.807) is 25.1 Å². The highest BCUT2D eigenvalue weighted by molar-refractivity contribution is 6.30. The predicted molar refractivity (Wildman–Crippen MR) is 78.0 cm³/mol. The summed E-state index contributed by atoms with van der Waals surface area (Å²) in [5.74, 6) is 0.171. The van der Waals surface area contributed by atoms with Crippen LogP contribution in [-0.4, -0.2) is 42.4 Å². The molecule has 0 bridgehead atoms. The van der Waals surface area contributed by atoms with Gasteiger partial charge in [0.15, 0.2) is 0 Å². The van der Waals surface area contributed by atoms with E-state index < -0.39 is 0 Å². The number of nitrogens with zero attached hydrogens (tertiary/aromatic N) is 2. The first-order valence-electron chi connectivity index (χ1n) is 6.48. The number of rotatable bonds is 3. The molecular formula is C14H20ClN3O. The molecule has 0 aromatic heterocycles. The molecule has 2 N–H and O–H groups in total. The topological polar surface area (TPSA) is 49.6 Å². The molecule has 4 nitrogen and oxygen atoms in total. The van der Waals surface area contributed by atoms with Gasteiger partial charge in [-0.15, -0.1) is 0 Å². The Bertz CT molecular complexity index is 476. The molecule has 1 aliphatic heterocycles. The van der Waals surface area contributed by atoms with E-state index in [1.807, 2.05) is 12.1 Å². The highest BCUT2D eigenvalue weighted by Crippen LogP contribution is 2.25. The maximum Gasteiger partial charge on any atom is 0.239 e. The Hall–Kier alpha value is -1.26. The number of hydrogen-bond acceptors (Lipinski definition) is 3. The number of amides is 1. The lowest BCUT2D eigenvalue weighted by molar-refractivity contribution is -0.133. The van der Waals surface area contributed by atoms with Crippen LogP contribution >= 0.6 is 11.6 Å². The molecule has 104 valence electrons. The summed E-state index contributed by atoms with van der Waals surface area (Å²) in [6.45, 7) is 1.64. The van der Waals surface area contributed by atoms with Crippen molar-refractivity contribution in [2.24, 2.45) is 0 Å². The highest BCUT2D eigenvalue weighted by Gasteiger charge is 2.31. The minimum atomic E-state index is -0.0231. The van der Waals surface area contributed by atoms with Gasteiger partial charge >= 0.3 is 0 Å². The van der Waals surface area contributed by atoms with Crippen LogP contribution in [0, 0.1) is 0 Å². The monoisotopic (exact) mass is 281 g/mol. The molecule has 1 aliphatic rings. The van der Waals surface area contributed by atoms with Gasteiger partial charge in [-0.1, -0.05) is 17.7 Å². The fourth-order valence-corrected chi connectivity index (χ4v) is 2.70. The third-order valence-electron chi connectivity index (χ3n) is 3.57. The van der Waals surface area contributed by atoms with E-state index in [-0.39, 0.29) is 11.9 Å². The number of halogens is 1. The molecule has 0 saturated carbocycles. The fourth-order valence-electron chi connectivity index (χ4n) is 2.52. The minimum absolute atomic E-state index is 0.0231. The number of likely N-dealkylation sites (N-methyl/N-ethyl adjacent to an activating group) is 1. The lowest BCUT2D eigenvalue weighted by Crippen LogP contribution is -2.42. The Morgan fingerprint density at radius 3 is 2.89 bits per heavy atom. The molecule has 1 aromatic rings. The van der Waals surface area contributed by atoms with Gasteiger partial charge in [-0.2, -0.15) is 0 Å². The molecule has 1 atom stereocenters. The first-order chi connectivity index (χ1) is 8.99. The maximum atomic E-state index is 12.1. The van der Waals surface area contributed by atoms with Crippen LogP contribution in [0.5, 0.6) is 0 Å². The van der Waals surface area contributed by atoms with Crippen LogP contribution in [0.15, 0.2) is 18.2 Å². The average Bonchev–Trinajstić information content (AvgIpc) is 2.79. The number of likely N-dealkylation sites (tertiary alicyclic amines) is 1. The lowest BCUT2D eigenvalue weighted by Gasteiger charge is -2.26. The summed E-state index contributed by atoms with van der Waals surface area (Å²) >= 11 is 5.90. The third-order valence-corrected chi connectivity index (χ3v) is 3.81. The van der Waals surface area contributed by atoms with Crippen LogP contribution in [0.1, 0.15) is 18.4 Å². The van der Waals surface area contributed by atoms with Crippen molar-refractivity contribution in [1.82, 2.24) is 9.80 Å². The molecule has 1 unspecified atom stereocenters. The van der Waals surface area contributed by atoms with Crippen molar-refractivity contribution in [2.45, 2.75) is 25.4 Å². The molecule has 0 spiro atoms. The standard InChI is InChI=1S/C14H20ClN3O/c1-17(2)14(19)13-4-3-7-18(13)9-10-5-6-11(15)8-12(10)16/h5-6,8,13H,3-4,7,9,16H2,1-2H3. The maximum absolute atomic E-state index is 12.1. The molecule has 1 aromatic carbocycles. The molecule has 5 heteroatoms. The minimum Gasteiger partial charge on any atom is -0.398 e. The zero-order valence-corrected chi connectivity index (χ0v) is 12.2. The molecule has 1 amide bonds. The van der Waals surface area contributed by atoms with E-state index in [9.17, 15) is 4.79 Å². The van der Waals surface area contributed by atoms with Gasteiger partial charge < -0.3 is 10.6 Å². The van der Waals surface area contributed by atoms with Crippen molar-refractivity contribution in [3.05, 3.63) is 28.8 Å². The average molecular weight is 282 g/mol. The summed E-state index contributed by atoms with van der Waals surface area (Å²) in [7, 11) is 3.60. The number of hydrogen-bond donors (Lipinski definition) is 1. The van der Waals surface area contributed by atoms with Gasteiger partial charge in [0.1, 0.15) is 0 Å². The van der Waals surface area contributed by atoms with Crippen molar-refractivity contribution in [3.8, 4) is 0 Å². The molecule has 0 radical (unpaired) electrons. The van der Waals surface area contributed by atoms with Crippen LogP contribution in [0.4, 0.5) is 5.69 Å². The lowest BCUT2D eigenvalue weighted by atomic mass is 10.1. The normalized spacial score (nSPS) is 19.6. The van der Waals surface area contributed by atoms with Crippen LogP contribution < -0.4 is 5.73 Å². The van der Waals surface area contributed by atoms with Gasteiger partial charge in [0.2, 0.25) is 5.91 Å². The number of benzene rings is 1. The van der Waals surface area contributed by atoms with Crippen LogP contribution in [-0.2, 0) is 11.3 Å². The third kappa shape index (κ3) is 3.19. The zero-order valence-electron chi connectivity index (χ0n) is 11.4. The first kappa shape index (κ1) is 14.2. The SMILES string of the molecule is CN(C)C(=O)C1CCCN1Cc1ccc(Cl)cc1N. The Morgan fingerprint density at radius 1 is 1.53 bits per heavy atom. The van der Waals surface area contributed by atoms with Crippen molar-refractivity contribution in [1.29, 1.82) is 0 Å². The second-order valence-electron chi connectivity index (χ2n) is 5.20.